The zero-order valence-electron chi connectivity index (χ0n) is 25.1. The van der Waals surface area contributed by atoms with Crippen LogP contribution >= 0.6 is 27.3 Å². The molecule has 42 heavy (non-hydrogen) atoms. The first-order valence-electron chi connectivity index (χ1n) is 14.1. The van der Waals surface area contributed by atoms with Gasteiger partial charge in [0.1, 0.15) is 30.1 Å². The Hall–Kier alpha value is -2.95. The number of halogens is 1. The van der Waals surface area contributed by atoms with Gasteiger partial charge in [-0.05, 0) is 60.2 Å². The van der Waals surface area contributed by atoms with Crippen LogP contribution in [-0.4, -0.2) is 83.3 Å². The smallest absolute Gasteiger partial charge is 0.153 e. The number of carbonyl (C=O) groups excluding carboxylic acids is 1. The second kappa shape index (κ2) is 17.9. The van der Waals surface area contributed by atoms with Crippen molar-refractivity contribution in [1.29, 1.82) is 0 Å². The van der Waals surface area contributed by atoms with Crippen molar-refractivity contribution in [2.24, 2.45) is 0 Å². The fraction of sp³-hybridized carbons (Fsp3) is 0.364. The molecule has 0 aliphatic carbocycles. The third kappa shape index (κ3) is 9.54. The summed E-state index contributed by atoms with van der Waals surface area (Å²) in [7, 11) is 4.93. The van der Waals surface area contributed by atoms with Gasteiger partial charge in [0.25, 0.3) is 0 Å². The minimum atomic E-state index is 0.527. The molecule has 5 rings (SSSR count). The van der Waals surface area contributed by atoms with Crippen LogP contribution in [0.4, 0.5) is 0 Å². The lowest BCUT2D eigenvalue weighted by atomic mass is 10.1. The summed E-state index contributed by atoms with van der Waals surface area (Å²) in [5, 5.41) is 1.05. The Morgan fingerprint density at radius 2 is 1.43 bits per heavy atom. The lowest BCUT2D eigenvalue weighted by Crippen LogP contribution is -2.47. The molecule has 9 heteroatoms. The molecular formula is C33H41BrN2O5S. The van der Waals surface area contributed by atoms with Crippen LogP contribution in [0.1, 0.15) is 13.8 Å². The van der Waals surface area contributed by atoms with Gasteiger partial charge in [-0.25, -0.2) is 0 Å². The zero-order chi connectivity index (χ0) is 30.3. The molecule has 0 N–H and O–H groups in total. The standard InChI is InChI=1S/C29H29BrN2O4S.C2H6O.C2H6/c1-34-25-10-11-26-27(20-25)37-29(21-2-4-22(30)5-3-21)28(26)36-24-8-6-23(7-9-24)35-19-17-32-14-12-31(13-15-32)16-18-33;1-3-2;1-2/h2-11,18,20H,12-17,19H2,1H3;1-2H3;1-2H3. The van der Waals surface area contributed by atoms with Crippen LogP contribution in [0.3, 0.4) is 0 Å². The summed E-state index contributed by atoms with van der Waals surface area (Å²) >= 11 is 5.22. The molecule has 0 radical (unpaired) electrons. The van der Waals surface area contributed by atoms with Gasteiger partial charge >= 0.3 is 0 Å². The average Bonchev–Trinajstić information content (AvgIpc) is 3.38. The van der Waals surface area contributed by atoms with Crippen LogP contribution in [0.5, 0.6) is 23.0 Å². The molecule has 7 nitrogen and oxygen atoms in total. The van der Waals surface area contributed by atoms with Crippen LogP contribution in [0, 0.1) is 0 Å². The van der Waals surface area contributed by atoms with E-state index in [1.807, 2.05) is 62.4 Å². The first kappa shape index (κ1) is 33.6. The van der Waals surface area contributed by atoms with E-state index in [9.17, 15) is 4.79 Å². The van der Waals surface area contributed by atoms with E-state index in [4.69, 9.17) is 14.2 Å². The number of hydrogen-bond donors (Lipinski definition) is 0. The highest BCUT2D eigenvalue weighted by Gasteiger charge is 2.18. The SMILES string of the molecule is CC.COC.COc1ccc2c(Oc3ccc(OCCN4CCN(CC=O)CC4)cc3)c(-c3ccc(Br)cc3)sc2c1. The number of piperazine rings is 1. The Morgan fingerprint density at radius 3 is 2.05 bits per heavy atom. The lowest BCUT2D eigenvalue weighted by molar-refractivity contribution is -0.109. The molecule has 3 aromatic carbocycles. The molecular weight excluding hydrogens is 616 g/mol. The normalized spacial score (nSPS) is 13.4. The minimum absolute atomic E-state index is 0.527. The van der Waals surface area contributed by atoms with Gasteiger partial charge in [-0.15, -0.1) is 11.3 Å². The number of benzene rings is 3. The molecule has 226 valence electrons. The number of rotatable bonds is 10. The molecule has 0 saturated carbocycles. The maximum atomic E-state index is 10.7. The van der Waals surface area contributed by atoms with Crippen LogP contribution in [-0.2, 0) is 9.53 Å². The number of aldehydes is 1. The Labute approximate surface area is 262 Å². The average molecular weight is 658 g/mol. The predicted molar refractivity (Wildman–Crippen MR) is 177 cm³/mol. The predicted octanol–water partition coefficient (Wildman–Crippen LogP) is 7.62. The van der Waals surface area contributed by atoms with Gasteiger partial charge in [-0.3, -0.25) is 9.80 Å². The first-order chi connectivity index (χ1) is 20.5. The second-order valence-electron chi connectivity index (χ2n) is 9.27. The second-order valence-corrected chi connectivity index (χ2v) is 11.2. The van der Waals surface area contributed by atoms with Crippen molar-refractivity contribution >= 4 is 43.6 Å². The lowest BCUT2D eigenvalue weighted by Gasteiger charge is -2.33. The molecule has 0 bridgehead atoms. The molecule has 1 fully saturated rings. The highest BCUT2D eigenvalue weighted by Crippen LogP contribution is 2.47. The Balaban J connectivity index is 0.000000910. The van der Waals surface area contributed by atoms with E-state index in [1.54, 1.807) is 32.7 Å². The fourth-order valence-electron chi connectivity index (χ4n) is 4.39. The van der Waals surface area contributed by atoms with Gasteiger partial charge in [-0.1, -0.05) is 41.9 Å². The molecule has 0 amide bonds. The van der Waals surface area contributed by atoms with Gasteiger partial charge in [-0.2, -0.15) is 0 Å². The van der Waals surface area contributed by atoms with Crippen molar-refractivity contribution < 1.29 is 23.7 Å². The summed E-state index contributed by atoms with van der Waals surface area (Å²) < 4.78 is 24.3. The van der Waals surface area contributed by atoms with E-state index in [0.717, 1.165) is 87.0 Å². The third-order valence-corrected chi connectivity index (χ3v) is 8.19. The summed E-state index contributed by atoms with van der Waals surface area (Å²) in [5.74, 6) is 3.24. The summed E-state index contributed by atoms with van der Waals surface area (Å²) in [6.07, 6.45) is 0.978. The Morgan fingerprint density at radius 1 is 0.833 bits per heavy atom. The van der Waals surface area contributed by atoms with E-state index in [0.29, 0.717) is 13.2 Å². The number of carbonyl (C=O) groups is 1. The summed E-state index contributed by atoms with van der Waals surface area (Å²) in [4.78, 5) is 16.3. The van der Waals surface area contributed by atoms with Crippen molar-refractivity contribution in [2.75, 3.05) is 67.2 Å². The van der Waals surface area contributed by atoms with Crippen molar-refractivity contribution in [2.45, 2.75) is 13.8 Å². The fourth-order valence-corrected chi connectivity index (χ4v) is 5.82. The van der Waals surface area contributed by atoms with Gasteiger partial charge < -0.3 is 23.7 Å². The zero-order valence-corrected chi connectivity index (χ0v) is 27.5. The van der Waals surface area contributed by atoms with Crippen molar-refractivity contribution in [1.82, 2.24) is 9.80 Å². The molecule has 0 spiro atoms. The van der Waals surface area contributed by atoms with E-state index < -0.39 is 0 Å². The van der Waals surface area contributed by atoms with Gasteiger partial charge in [0.15, 0.2) is 5.75 Å². The summed E-state index contributed by atoms with van der Waals surface area (Å²) in [5.41, 5.74) is 1.10. The largest absolute Gasteiger partial charge is 0.497 e. The highest BCUT2D eigenvalue weighted by atomic mass is 79.9. The topological polar surface area (TPSA) is 60.5 Å². The van der Waals surface area contributed by atoms with Crippen LogP contribution in [0.25, 0.3) is 20.5 Å². The van der Waals surface area contributed by atoms with Crippen LogP contribution < -0.4 is 14.2 Å². The van der Waals surface area contributed by atoms with Crippen molar-refractivity contribution in [3.05, 3.63) is 71.2 Å². The minimum Gasteiger partial charge on any atom is -0.497 e. The molecule has 4 aromatic rings. The first-order valence-corrected chi connectivity index (χ1v) is 15.7. The van der Waals surface area contributed by atoms with Crippen molar-refractivity contribution in [3.63, 3.8) is 0 Å². The number of nitrogens with zero attached hydrogens (tertiary/aromatic N) is 2. The molecule has 1 saturated heterocycles. The van der Waals surface area contributed by atoms with E-state index in [2.05, 4.69) is 48.7 Å². The third-order valence-electron chi connectivity index (χ3n) is 6.48. The van der Waals surface area contributed by atoms with Crippen LogP contribution in [0.15, 0.2) is 71.2 Å². The van der Waals surface area contributed by atoms with Gasteiger partial charge in [0.2, 0.25) is 0 Å². The molecule has 2 heterocycles. The maximum Gasteiger partial charge on any atom is 0.153 e. The number of fused-ring (bicyclic) bond motifs is 1. The summed E-state index contributed by atoms with van der Waals surface area (Å²) in [6, 6.07) is 22.2. The molecule has 0 atom stereocenters. The molecule has 1 aliphatic rings. The quantitative estimate of drug-likeness (QED) is 0.163. The summed E-state index contributed by atoms with van der Waals surface area (Å²) in [6.45, 7) is 9.80. The van der Waals surface area contributed by atoms with E-state index in [-0.39, 0.29) is 0 Å². The monoisotopic (exact) mass is 656 g/mol. The number of thiophene rings is 1. The van der Waals surface area contributed by atoms with Gasteiger partial charge in [0.05, 0.1) is 18.5 Å². The number of ether oxygens (including phenoxy) is 4. The molecule has 1 aliphatic heterocycles. The van der Waals surface area contributed by atoms with E-state index >= 15 is 0 Å². The van der Waals surface area contributed by atoms with E-state index in [1.165, 1.54) is 0 Å². The molecule has 0 unspecified atom stereocenters. The molecule has 1 aromatic heterocycles. The maximum absolute atomic E-state index is 10.7. The van der Waals surface area contributed by atoms with Crippen molar-refractivity contribution in [3.8, 4) is 33.4 Å². The Kier molecular flexibility index (Phi) is 14.3. The van der Waals surface area contributed by atoms with Crippen LogP contribution in [0.2, 0.25) is 0 Å². The highest BCUT2D eigenvalue weighted by molar-refractivity contribution is 9.10. The Bertz CT molecular complexity index is 1350. The number of methoxy groups -OCH3 is 2. The van der Waals surface area contributed by atoms with Gasteiger partial charge in [0, 0.05) is 61.5 Å². The number of hydrogen-bond acceptors (Lipinski definition) is 8.